The molecule has 2 atom stereocenters. The molecule has 102 valence electrons. The van der Waals surface area contributed by atoms with Crippen LogP contribution in [-0.2, 0) is 4.79 Å². The van der Waals surface area contributed by atoms with Gasteiger partial charge in [0.25, 0.3) is 0 Å². The van der Waals surface area contributed by atoms with Crippen molar-refractivity contribution in [1.82, 2.24) is 0 Å². The molecule has 1 heterocycles. The normalized spacial score (nSPS) is 20.2. The molecule has 2 aromatic carbocycles. The van der Waals surface area contributed by atoms with Gasteiger partial charge in [-0.25, -0.2) is 0 Å². The van der Waals surface area contributed by atoms with Gasteiger partial charge in [0.05, 0.1) is 5.92 Å². The lowest BCUT2D eigenvalue weighted by Crippen LogP contribution is -2.25. The van der Waals surface area contributed by atoms with E-state index in [0.717, 1.165) is 5.56 Å². The van der Waals surface area contributed by atoms with Gasteiger partial charge in [-0.05, 0) is 12.1 Å². The molecule has 3 rings (SSSR count). The lowest BCUT2D eigenvalue weighted by molar-refractivity contribution is -0.139. The van der Waals surface area contributed by atoms with Crippen LogP contribution in [0.15, 0.2) is 48.5 Å². The minimum Gasteiger partial charge on any atom is -0.481 e. The molecule has 0 radical (unpaired) electrons. The molecule has 20 heavy (non-hydrogen) atoms. The van der Waals surface area contributed by atoms with E-state index in [2.05, 4.69) is 0 Å². The van der Waals surface area contributed by atoms with Crippen LogP contribution in [0.25, 0.3) is 0 Å². The third kappa shape index (κ3) is 1.94. The van der Waals surface area contributed by atoms with Crippen molar-refractivity contribution in [1.29, 1.82) is 0 Å². The fourth-order valence-electron chi connectivity index (χ4n) is 2.79. The summed E-state index contributed by atoms with van der Waals surface area (Å²) in [4.78, 5) is 11.7. The Morgan fingerprint density at radius 3 is 2.20 bits per heavy atom. The number of carboxylic acids is 1. The van der Waals surface area contributed by atoms with E-state index in [4.69, 9.17) is 10.5 Å². The summed E-state index contributed by atoms with van der Waals surface area (Å²) < 4.78 is 5.90. The molecule has 3 N–H and O–H groups in total. The average molecular weight is 269 g/mol. The smallest absolute Gasteiger partial charge is 0.311 e. The Balaban J connectivity index is 2.25. The first-order chi connectivity index (χ1) is 9.72. The maximum Gasteiger partial charge on any atom is 0.311 e. The summed E-state index contributed by atoms with van der Waals surface area (Å²) in [6, 6.07) is 14.7. The van der Waals surface area contributed by atoms with Crippen molar-refractivity contribution in [3.05, 3.63) is 59.7 Å². The number of hydrogen-bond acceptors (Lipinski definition) is 3. The van der Waals surface area contributed by atoms with E-state index in [-0.39, 0.29) is 12.5 Å². The van der Waals surface area contributed by atoms with E-state index in [1.54, 1.807) is 12.1 Å². The topological polar surface area (TPSA) is 72.5 Å². The van der Waals surface area contributed by atoms with Crippen LogP contribution >= 0.6 is 0 Å². The SMILES string of the molecule is NC[C@@H]1c2ccccc2Oc2ccccc2[C@H]1C(=O)O. The number of ether oxygens (including phenoxy) is 1. The van der Waals surface area contributed by atoms with Crippen LogP contribution in [0.5, 0.6) is 11.5 Å². The van der Waals surface area contributed by atoms with Gasteiger partial charge in [0, 0.05) is 23.6 Å². The fourth-order valence-corrected chi connectivity index (χ4v) is 2.79. The van der Waals surface area contributed by atoms with Gasteiger partial charge in [0.1, 0.15) is 11.5 Å². The lowest BCUT2D eigenvalue weighted by atomic mass is 9.81. The van der Waals surface area contributed by atoms with Crippen LogP contribution < -0.4 is 10.5 Å². The van der Waals surface area contributed by atoms with Gasteiger partial charge in [-0.1, -0.05) is 36.4 Å². The first kappa shape index (κ1) is 12.7. The summed E-state index contributed by atoms with van der Waals surface area (Å²) in [7, 11) is 0. The highest BCUT2D eigenvalue weighted by Gasteiger charge is 2.36. The second kappa shape index (κ2) is 4.98. The van der Waals surface area contributed by atoms with Gasteiger partial charge in [0.15, 0.2) is 0 Å². The highest BCUT2D eigenvalue weighted by atomic mass is 16.5. The highest BCUT2D eigenvalue weighted by Crippen LogP contribution is 2.45. The van der Waals surface area contributed by atoms with Gasteiger partial charge >= 0.3 is 5.97 Å². The Kier molecular flexibility index (Phi) is 3.16. The summed E-state index contributed by atoms with van der Waals surface area (Å²) >= 11 is 0. The first-order valence-corrected chi connectivity index (χ1v) is 6.51. The zero-order chi connectivity index (χ0) is 14.1. The number of nitrogens with two attached hydrogens (primary N) is 1. The number of benzene rings is 2. The van der Waals surface area contributed by atoms with Crippen LogP contribution in [0.2, 0.25) is 0 Å². The Bertz CT molecular complexity index is 654. The van der Waals surface area contributed by atoms with Crippen LogP contribution in [0.3, 0.4) is 0 Å². The first-order valence-electron chi connectivity index (χ1n) is 6.51. The molecule has 0 spiro atoms. The van der Waals surface area contributed by atoms with Crippen molar-refractivity contribution in [2.45, 2.75) is 11.8 Å². The molecule has 0 saturated carbocycles. The van der Waals surface area contributed by atoms with E-state index in [1.807, 2.05) is 36.4 Å². The van der Waals surface area contributed by atoms with Crippen molar-refractivity contribution < 1.29 is 14.6 Å². The van der Waals surface area contributed by atoms with Crippen molar-refractivity contribution in [3.63, 3.8) is 0 Å². The predicted molar refractivity (Wildman–Crippen MR) is 75.1 cm³/mol. The number of fused-ring (bicyclic) bond motifs is 2. The van der Waals surface area contributed by atoms with E-state index in [0.29, 0.717) is 17.1 Å². The number of aliphatic carboxylic acids is 1. The Hall–Kier alpha value is -2.33. The van der Waals surface area contributed by atoms with Gasteiger partial charge in [0.2, 0.25) is 0 Å². The third-order valence-electron chi connectivity index (χ3n) is 3.71. The number of hydrogen-bond donors (Lipinski definition) is 2. The summed E-state index contributed by atoms with van der Waals surface area (Å²) in [6.45, 7) is 0.256. The number of carbonyl (C=O) groups is 1. The molecule has 2 aromatic rings. The maximum absolute atomic E-state index is 11.7. The standard InChI is InChI=1S/C16H15NO3/c17-9-12-10-5-1-3-7-13(10)20-14-8-4-2-6-11(14)15(12)16(18)19/h1-8,12,15H,9,17H2,(H,18,19)/t12-,15-/m1/s1. The highest BCUT2D eigenvalue weighted by molar-refractivity contribution is 5.79. The van der Waals surface area contributed by atoms with Crippen molar-refractivity contribution in [2.24, 2.45) is 5.73 Å². The molecule has 0 unspecified atom stereocenters. The van der Waals surface area contributed by atoms with E-state index >= 15 is 0 Å². The minimum absolute atomic E-state index is 0.256. The zero-order valence-electron chi connectivity index (χ0n) is 10.8. The second-order valence-electron chi connectivity index (χ2n) is 4.84. The second-order valence-corrected chi connectivity index (χ2v) is 4.84. The molecular formula is C16H15NO3. The molecule has 0 aromatic heterocycles. The van der Waals surface area contributed by atoms with E-state index < -0.39 is 11.9 Å². The summed E-state index contributed by atoms with van der Waals surface area (Å²) in [5.74, 6) is -0.608. The molecule has 4 heteroatoms. The molecule has 0 bridgehead atoms. The molecule has 0 amide bonds. The fraction of sp³-hybridized carbons (Fsp3) is 0.188. The van der Waals surface area contributed by atoms with Crippen LogP contribution in [-0.4, -0.2) is 17.6 Å². The molecule has 0 saturated heterocycles. The molecule has 1 aliphatic rings. The predicted octanol–water partition coefficient (Wildman–Crippen LogP) is 2.70. The molecule has 1 aliphatic heterocycles. The van der Waals surface area contributed by atoms with Crippen molar-refractivity contribution in [2.75, 3.05) is 6.54 Å². The minimum atomic E-state index is -0.881. The van der Waals surface area contributed by atoms with Gasteiger partial charge in [-0.3, -0.25) is 4.79 Å². The molecule has 0 aliphatic carbocycles. The van der Waals surface area contributed by atoms with E-state index in [1.165, 1.54) is 0 Å². The van der Waals surface area contributed by atoms with Crippen LogP contribution in [0.1, 0.15) is 23.0 Å². The Morgan fingerprint density at radius 1 is 1.05 bits per heavy atom. The third-order valence-corrected chi connectivity index (χ3v) is 3.71. The van der Waals surface area contributed by atoms with Crippen LogP contribution in [0, 0.1) is 0 Å². The van der Waals surface area contributed by atoms with Gasteiger partial charge in [-0.2, -0.15) is 0 Å². The maximum atomic E-state index is 11.7. The monoisotopic (exact) mass is 269 g/mol. The number of carboxylic acid groups (broad SMARTS) is 1. The Morgan fingerprint density at radius 2 is 1.60 bits per heavy atom. The number of rotatable bonds is 2. The van der Waals surface area contributed by atoms with Crippen LogP contribution in [0.4, 0.5) is 0 Å². The number of para-hydroxylation sites is 2. The molecule has 4 nitrogen and oxygen atoms in total. The van der Waals surface area contributed by atoms with Gasteiger partial charge < -0.3 is 15.6 Å². The van der Waals surface area contributed by atoms with Crippen molar-refractivity contribution >= 4 is 5.97 Å². The van der Waals surface area contributed by atoms with Crippen molar-refractivity contribution in [3.8, 4) is 11.5 Å². The summed E-state index contributed by atoms with van der Waals surface area (Å²) in [5, 5.41) is 9.63. The summed E-state index contributed by atoms with van der Waals surface area (Å²) in [5.41, 5.74) is 7.37. The average Bonchev–Trinajstić information content (AvgIpc) is 2.60. The lowest BCUT2D eigenvalue weighted by Gasteiger charge is -2.21. The summed E-state index contributed by atoms with van der Waals surface area (Å²) in [6.07, 6.45) is 0. The molecule has 0 fully saturated rings. The quantitative estimate of drug-likeness (QED) is 0.879. The zero-order valence-corrected chi connectivity index (χ0v) is 10.8. The van der Waals surface area contributed by atoms with Gasteiger partial charge in [-0.15, -0.1) is 0 Å². The van der Waals surface area contributed by atoms with E-state index in [9.17, 15) is 9.90 Å². The molecular weight excluding hydrogens is 254 g/mol. The largest absolute Gasteiger partial charge is 0.481 e. The Labute approximate surface area is 116 Å².